The maximum Gasteiger partial charge on any atom is 0.416 e. The summed E-state index contributed by atoms with van der Waals surface area (Å²) in [5, 5.41) is 3.56. The van der Waals surface area contributed by atoms with Crippen molar-refractivity contribution in [3.05, 3.63) is 70.6 Å². The Hall–Kier alpha value is -3.70. The second kappa shape index (κ2) is 11.8. The molecule has 3 aromatic rings. The van der Waals surface area contributed by atoms with Crippen molar-refractivity contribution in [2.24, 2.45) is 5.92 Å². The Morgan fingerprint density at radius 1 is 1.00 bits per heavy atom. The molecule has 0 radical (unpaired) electrons. The number of anilines is 1. The maximum atomic E-state index is 13.5. The van der Waals surface area contributed by atoms with Gasteiger partial charge in [-0.05, 0) is 74.6 Å². The van der Waals surface area contributed by atoms with Crippen LogP contribution < -0.4 is 5.32 Å². The molecule has 1 aliphatic heterocycles. The summed E-state index contributed by atoms with van der Waals surface area (Å²) in [4.78, 5) is 19.1. The SMILES string of the molecule is CCC1CCCCC1Nc1ncc(-c2ccc(C)o2)cc1CN1C(=O)O[C@H](c2cc(C(F)(F)F)cc(C(F)(F)F)c2)[C@@H]1C. The third-order valence-electron chi connectivity index (χ3n) is 8.42. The molecule has 232 valence electrons. The molecule has 6 nitrogen and oxygen atoms in total. The number of nitrogens with one attached hydrogen (secondary N) is 1. The van der Waals surface area contributed by atoms with Crippen LogP contribution in [0.2, 0.25) is 0 Å². The quantitative estimate of drug-likeness (QED) is 0.271. The average molecular weight is 610 g/mol. The van der Waals surface area contributed by atoms with Gasteiger partial charge in [-0.15, -0.1) is 0 Å². The second-order valence-electron chi connectivity index (χ2n) is 11.4. The molecular weight excluding hydrogens is 576 g/mol. The van der Waals surface area contributed by atoms with Gasteiger partial charge in [-0.25, -0.2) is 9.78 Å². The molecule has 12 heteroatoms. The second-order valence-corrected chi connectivity index (χ2v) is 11.4. The fraction of sp³-hybridized carbons (Fsp3) is 0.484. The van der Waals surface area contributed by atoms with E-state index in [1.54, 1.807) is 12.3 Å². The van der Waals surface area contributed by atoms with Gasteiger partial charge in [0.2, 0.25) is 0 Å². The number of ether oxygens (including phenoxy) is 1. The van der Waals surface area contributed by atoms with E-state index in [9.17, 15) is 31.1 Å². The van der Waals surface area contributed by atoms with E-state index in [1.165, 1.54) is 11.8 Å². The van der Waals surface area contributed by atoms with Crippen LogP contribution in [0, 0.1) is 12.8 Å². The molecule has 1 saturated carbocycles. The predicted octanol–water partition coefficient (Wildman–Crippen LogP) is 9.15. The Morgan fingerprint density at radius 3 is 2.28 bits per heavy atom. The number of carbonyl (C=O) groups excluding carboxylic acids is 1. The first-order chi connectivity index (χ1) is 20.2. The number of furan rings is 1. The van der Waals surface area contributed by atoms with Crippen molar-refractivity contribution in [2.45, 2.75) is 90.0 Å². The normalized spacial score (nSPS) is 23.0. The van der Waals surface area contributed by atoms with Gasteiger partial charge in [-0.1, -0.05) is 26.2 Å². The number of alkyl halides is 6. The molecule has 1 N–H and O–H groups in total. The zero-order chi connectivity index (χ0) is 31.1. The number of amides is 1. The molecule has 4 atom stereocenters. The summed E-state index contributed by atoms with van der Waals surface area (Å²) in [5.41, 5.74) is -2.02. The van der Waals surface area contributed by atoms with Crippen LogP contribution in [0.1, 0.15) is 80.1 Å². The topological polar surface area (TPSA) is 67.6 Å². The van der Waals surface area contributed by atoms with Crippen LogP contribution in [0.25, 0.3) is 11.3 Å². The number of rotatable bonds is 7. The predicted molar refractivity (Wildman–Crippen MR) is 147 cm³/mol. The number of benzene rings is 1. The molecule has 2 unspecified atom stereocenters. The van der Waals surface area contributed by atoms with Gasteiger partial charge in [0.05, 0.1) is 23.7 Å². The molecule has 0 bridgehead atoms. The van der Waals surface area contributed by atoms with E-state index in [2.05, 4.69) is 17.2 Å². The number of aromatic nitrogens is 1. The highest BCUT2D eigenvalue weighted by molar-refractivity contribution is 5.72. The number of cyclic esters (lactones) is 1. The minimum atomic E-state index is -5.02. The summed E-state index contributed by atoms with van der Waals surface area (Å²) < 4.78 is 92.3. The lowest BCUT2D eigenvalue weighted by molar-refractivity contribution is -0.143. The van der Waals surface area contributed by atoms with Gasteiger partial charge in [-0.2, -0.15) is 26.3 Å². The third kappa shape index (κ3) is 6.62. The number of halogens is 6. The lowest BCUT2D eigenvalue weighted by Crippen LogP contribution is -2.34. The molecule has 3 heterocycles. The zero-order valence-corrected chi connectivity index (χ0v) is 24.0. The summed E-state index contributed by atoms with van der Waals surface area (Å²) in [6.45, 7) is 5.45. The lowest BCUT2D eigenvalue weighted by Gasteiger charge is -2.33. The van der Waals surface area contributed by atoms with Gasteiger partial charge in [-0.3, -0.25) is 4.90 Å². The van der Waals surface area contributed by atoms with Crippen LogP contribution in [0.5, 0.6) is 0 Å². The van der Waals surface area contributed by atoms with Crippen LogP contribution in [-0.2, 0) is 23.6 Å². The fourth-order valence-corrected chi connectivity index (χ4v) is 6.03. The molecular formula is C31H33F6N3O3. The van der Waals surface area contributed by atoms with Gasteiger partial charge >= 0.3 is 18.4 Å². The first-order valence-corrected chi connectivity index (χ1v) is 14.3. The van der Waals surface area contributed by atoms with Gasteiger partial charge in [0.15, 0.2) is 0 Å². The van der Waals surface area contributed by atoms with E-state index in [1.807, 2.05) is 19.1 Å². The van der Waals surface area contributed by atoms with E-state index in [4.69, 9.17) is 9.15 Å². The molecule has 1 saturated heterocycles. The molecule has 2 aromatic heterocycles. The van der Waals surface area contributed by atoms with Crippen molar-refractivity contribution in [1.82, 2.24) is 9.88 Å². The van der Waals surface area contributed by atoms with E-state index >= 15 is 0 Å². The zero-order valence-electron chi connectivity index (χ0n) is 24.0. The number of hydrogen-bond acceptors (Lipinski definition) is 5. The van der Waals surface area contributed by atoms with E-state index in [0.29, 0.717) is 46.5 Å². The first kappa shape index (κ1) is 30.7. The Labute approximate surface area is 245 Å². The smallest absolute Gasteiger partial charge is 0.416 e. The van der Waals surface area contributed by atoms with Crippen molar-refractivity contribution < 1.29 is 40.3 Å². The molecule has 1 aromatic carbocycles. The largest absolute Gasteiger partial charge is 0.461 e. The Bertz CT molecular complexity index is 1440. The molecule has 43 heavy (non-hydrogen) atoms. The van der Waals surface area contributed by atoms with Gasteiger partial charge < -0.3 is 14.5 Å². The summed E-state index contributed by atoms with van der Waals surface area (Å²) in [5.74, 6) is 2.27. The molecule has 1 amide bonds. The lowest BCUT2D eigenvalue weighted by atomic mass is 9.83. The number of hydrogen-bond donors (Lipinski definition) is 1. The van der Waals surface area contributed by atoms with Crippen molar-refractivity contribution >= 4 is 11.9 Å². The standard InChI is InChI=1S/C31H33F6N3O3/c1-4-19-7-5-6-8-25(19)39-28-22(11-21(15-38-28)26-10-9-17(2)42-26)16-40-18(3)27(43-29(40)41)20-12-23(30(32,33)34)14-24(13-20)31(35,36)37/h9-15,18-19,25,27H,4-8,16H2,1-3H3,(H,38,39)/t18-,19?,25?,27-/m0/s1. The highest BCUT2D eigenvalue weighted by Crippen LogP contribution is 2.41. The van der Waals surface area contributed by atoms with Crippen LogP contribution in [0.3, 0.4) is 0 Å². The third-order valence-corrected chi connectivity index (χ3v) is 8.42. The van der Waals surface area contributed by atoms with Crippen molar-refractivity contribution in [3.8, 4) is 11.3 Å². The molecule has 0 spiro atoms. The number of nitrogens with zero attached hydrogens (tertiary/aromatic N) is 2. The van der Waals surface area contributed by atoms with Gasteiger partial charge in [0.25, 0.3) is 0 Å². The maximum absolute atomic E-state index is 13.5. The molecule has 1 aliphatic carbocycles. The Balaban J connectivity index is 1.48. The van der Waals surface area contributed by atoms with E-state index in [0.717, 1.165) is 32.1 Å². The minimum absolute atomic E-state index is 0.0338. The van der Waals surface area contributed by atoms with Gasteiger partial charge in [0.1, 0.15) is 23.4 Å². The van der Waals surface area contributed by atoms with Crippen molar-refractivity contribution in [1.29, 1.82) is 0 Å². The van der Waals surface area contributed by atoms with Crippen LogP contribution in [0.4, 0.5) is 37.0 Å². The Kier molecular flexibility index (Phi) is 8.41. The molecule has 2 fully saturated rings. The minimum Gasteiger partial charge on any atom is -0.461 e. The number of carbonyl (C=O) groups is 1. The highest BCUT2D eigenvalue weighted by Gasteiger charge is 2.43. The average Bonchev–Trinajstić information content (AvgIpc) is 3.51. The monoisotopic (exact) mass is 609 g/mol. The summed E-state index contributed by atoms with van der Waals surface area (Å²) >= 11 is 0. The van der Waals surface area contributed by atoms with Crippen LogP contribution >= 0.6 is 0 Å². The van der Waals surface area contributed by atoms with Crippen molar-refractivity contribution in [2.75, 3.05) is 5.32 Å². The first-order valence-electron chi connectivity index (χ1n) is 14.3. The molecule has 5 rings (SSSR count). The van der Waals surface area contributed by atoms with Gasteiger partial charge in [0, 0.05) is 23.4 Å². The summed E-state index contributed by atoms with van der Waals surface area (Å²) in [6.07, 6.45) is -5.31. The number of pyridine rings is 1. The van der Waals surface area contributed by atoms with Crippen molar-refractivity contribution in [3.63, 3.8) is 0 Å². The number of aryl methyl sites for hydroxylation is 1. The van der Waals surface area contributed by atoms with Crippen LogP contribution in [0.15, 0.2) is 47.0 Å². The highest BCUT2D eigenvalue weighted by atomic mass is 19.4. The summed E-state index contributed by atoms with van der Waals surface area (Å²) in [7, 11) is 0. The van der Waals surface area contributed by atoms with E-state index in [-0.39, 0.29) is 24.2 Å². The van der Waals surface area contributed by atoms with Crippen LogP contribution in [-0.4, -0.2) is 28.1 Å². The van der Waals surface area contributed by atoms with E-state index < -0.39 is 41.7 Å². The summed E-state index contributed by atoms with van der Waals surface area (Å²) in [6, 6.07) is 6.00. The molecule has 2 aliphatic rings. The Morgan fingerprint density at radius 2 is 1.67 bits per heavy atom. The fourth-order valence-electron chi connectivity index (χ4n) is 6.03.